The number of benzene rings is 2. The normalized spacial score (nSPS) is 10.2. The third-order valence-electron chi connectivity index (χ3n) is 2.71. The smallest absolute Gasteiger partial charge is 0.335 e. The fourth-order valence-electron chi connectivity index (χ4n) is 1.77. The summed E-state index contributed by atoms with van der Waals surface area (Å²) in [5.74, 6) is -1.15. The standard InChI is InChI=1S/C14H11ClO4/c1-19-12-7-8(14(17)18)6-10(13(12)16)9-4-2-3-5-11(9)15/h2-7,16H,1H3,(H,17,18). The van der Waals surface area contributed by atoms with Gasteiger partial charge in [0.1, 0.15) is 0 Å². The van der Waals surface area contributed by atoms with Crippen LogP contribution in [-0.2, 0) is 0 Å². The van der Waals surface area contributed by atoms with Crippen LogP contribution in [0.4, 0.5) is 0 Å². The molecule has 0 aliphatic carbocycles. The number of ether oxygens (including phenoxy) is 1. The van der Waals surface area contributed by atoms with Crippen molar-refractivity contribution >= 4 is 17.6 Å². The number of phenolic OH excluding ortho intramolecular Hbond substituents is 1. The Kier molecular flexibility index (Phi) is 3.62. The lowest BCUT2D eigenvalue weighted by atomic mass is 10.0. The Morgan fingerprint density at radius 2 is 1.89 bits per heavy atom. The first-order chi connectivity index (χ1) is 9.04. The minimum atomic E-state index is -1.10. The summed E-state index contributed by atoms with van der Waals surface area (Å²) in [6.45, 7) is 0. The van der Waals surface area contributed by atoms with Gasteiger partial charge in [-0.05, 0) is 18.2 Å². The van der Waals surface area contributed by atoms with Crippen LogP contribution in [0.15, 0.2) is 36.4 Å². The molecule has 0 saturated carbocycles. The molecule has 98 valence electrons. The summed E-state index contributed by atoms with van der Waals surface area (Å²) in [6.07, 6.45) is 0. The van der Waals surface area contributed by atoms with Gasteiger partial charge in [0.15, 0.2) is 11.5 Å². The van der Waals surface area contributed by atoms with Crippen molar-refractivity contribution in [3.05, 3.63) is 47.0 Å². The zero-order chi connectivity index (χ0) is 14.0. The van der Waals surface area contributed by atoms with E-state index in [2.05, 4.69) is 0 Å². The van der Waals surface area contributed by atoms with E-state index in [0.29, 0.717) is 16.1 Å². The summed E-state index contributed by atoms with van der Waals surface area (Å²) in [4.78, 5) is 11.1. The summed E-state index contributed by atoms with van der Waals surface area (Å²) >= 11 is 6.06. The predicted octanol–water partition coefficient (Wildman–Crippen LogP) is 3.42. The van der Waals surface area contributed by atoms with Gasteiger partial charge in [0.05, 0.1) is 12.7 Å². The number of carbonyl (C=O) groups is 1. The van der Waals surface area contributed by atoms with E-state index in [9.17, 15) is 9.90 Å². The summed E-state index contributed by atoms with van der Waals surface area (Å²) in [6, 6.07) is 9.49. The van der Waals surface area contributed by atoms with Crippen LogP contribution in [0, 0.1) is 0 Å². The minimum Gasteiger partial charge on any atom is -0.504 e. The summed E-state index contributed by atoms with van der Waals surface area (Å²) in [5, 5.41) is 19.6. The molecule has 0 bridgehead atoms. The number of aromatic carboxylic acids is 1. The molecular formula is C14H11ClO4. The van der Waals surface area contributed by atoms with Gasteiger partial charge in [0, 0.05) is 16.1 Å². The van der Waals surface area contributed by atoms with E-state index < -0.39 is 5.97 Å². The quantitative estimate of drug-likeness (QED) is 0.903. The Hall–Kier alpha value is -2.20. The molecule has 0 aliphatic rings. The Morgan fingerprint density at radius 3 is 2.47 bits per heavy atom. The largest absolute Gasteiger partial charge is 0.504 e. The molecule has 2 aromatic carbocycles. The second-order valence-electron chi connectivity index (χ2n) is 3.86. The lowest BCUT2D eigenvalue weighted by Gasteiger charge is -2.11. The Balaban J connectivity index is 2.72. The van der Waals surface area contributed by atoms with Gasteiger partial charge in [-0.15, -0.1) is 0 Å². The molecular weight excluding hydrogens is 268 g/mol. The van der Waals surface area contributed by atoms with Crippen molar-refractivity contribution in [3.63, 3.8) is 0 Å². The van der Waals surface area contributed by atoms with E-state index in [0.717, 1.165) is 0 Å². The number of hydrogen-bond acceptors (Lipinski definition) is 3. The molecule has 0 heterocycles. The second kappa shape index (κ2) is 5.20. The zero-order valence-corrected chi connectivity index (χ0v) is 10.8. The number of aromatic hydroxyl groups is 1. The molecule has 0 aliphatic heterocycles. The average molecular weight is 279 g/mol. The number of rotatable bonds is 3. The van der Waals surface area contributed by atoms with Crippen molar-refractivity contribution in [1.29, 1.82) is 0 Å². The Labute approximate surface area is 114 Å². The molecule has 0 spiro atoms. The van der Waals surface area contributed by atoms with E-state index in [1.807, 2.05) is 0 Å². The molecule has 0 aromatic heterocycles. The van der Waals surface area contributed by atoms with Gasteiger partial charge in [-0.25, -0.2) is 4.79 Å². The first-order valence-electron chi connectivity index (χ1n) is 5.43. The zero-order valence-electron chi connectivity index (χ0n) is 10.1. The molecule has 2 N–H and O–H groups in total. The van der Waals surface area contributed by atoms with Crippen LogP contribution >= 0.6 is 11.6 Å². The number of methoxy groups -OCH3 is 1. The van der Waals surface area contributed by atoms with E-state index in [4.69, 9.17) is 21.4 Å². The third-order valence-corrected chi connectivity index (χ3v) is 3.04. The molecule has 0 fully saturated rings. The maximum absolute atomic E-state index is 11.1. The monoisotopic (exact) mass is 278 g/mol. The van der Waals surface area contributed by atoms with E-state index in [1.165, 1.54) is 19.2 Å². The molecule has 0 radical (unpaired) electrons. The molecule has 2 rings (SSSR count). The maximum atomic E-state index is 11.1. The number of phenols is 1. The molecule has 5 heteroatoms. The van der Waals surface area contributed by atoms with Gasteiger partial charge >= 0.3 is 5.97 Å². The van der Waals surface area contributed by atoms with Gasteiger partial charge in [0.2, 0.25) is 0 Å². The molecule has 0 unspecified atom stereocenters. The molecule has 0 saturated heterocycles. The van der Waals surface area contributed by atoms with Crippen molar-refractivity contribution in [1.82, 2.24) is 0 Å². The molecule has 0 atom stereocenters. The highest BCUT2D eigenvalue weighted by atomic mass is 35.5. The van der Waals surface area contributed by atoms with Crippen LogP contribution in [0.3, 0.4) is 0 Å². The second-order valence-corrected chi connectivity index (χ2v) is 4.27. The van der Waals surface area contributed by atoms with Crippen LogP contribution in [0.1, 0.15) is 10.4 Å². The van der Waals surface area contributed by atoms with Crippen LogP contribution in [0.25, 0.3) is 11.1 Å². The lowest BCUT2D eigenvalue weighted by molar-refractivity contribution is 0.0696. The van der Waals surface area contributed by atoms with Crippen molar-refractivity contribution in [2.45, 2.75) is 0 Å². The topological polar surface area (TPSA) is 66.8 Å². The molecule has 19 heavy (non-hydrogen) atoms. The van der Waals surface area contributed by atoms with Crippen LogP contribution in [0.2, 0.25) is 5.02 Å². The highest BCUT2D eigenvalue weighted by Crippen LogP contribution is 2.40. The van der Waals surface area contributed by atoms with Crippen molar-refractivity contribution in [3.8, 4) is 22.6 Å². The fraction of sp³-hybridized carbons (Fsp3) is 0.0714. The summed E-state index contributed by atoms with van der Waals surface area (Å²) in [7, 11) is 1.36. The number of hydrogen-bond donors (Lipinski definition) is 2. The van der Waals surface area contributed by atoms with Crippen molar-refractivity contribution < 1.29 is 19.7 Å². The van der Waals surface area contributed by atoms with Gasteiger partial charge in [-0.1, -0.05) is 29.8 Å². The predicted molar refractivity (Wildman–Crippen MR) is 72.1 cm³/mol. The number of halogens is 1. The Bertz CT molecular complexity index is 637. The maximum Gasteiger partial charge on any atom is 0.335 e. The highest BCUT2D eigenvalue weighted by molar-refractivity contribution is 6.33. The first-order valence-corrected chi connectivity index (χ1v) is 5.81. The lowest BCUT2D eigenvalue weighted by Crippen LogP contribution is -1.98. The van der Waals surface area contributed by atoms with E-state index >= 15 is 0 Å². The fourth-order valence-corrected chi connectivity index (χ4v) is 2.01. The van der Waals surface area contributed by atoms with Gasteiger partial charge in [0.25, 0.3) is 0 Å². The summed E-state index contributed by atoms with van der Waals surface area (Å²) in [5.41, 5.74) is 0.884. The summed E-state index contributed by atoms with van der Waals surface area (Å²) < 4.78 is 4.98. The highest BCUT2D eigenvalue weighted by Gasteiger charge is 2.17. The van der Waals surface area contributed by atoms with E-state index in [-0.39, 0.29) is 17.1 Å². The van der Waals surface area contributed by atoms with Gasteiger partial charge < -0.3 is 14.9 Å². The number of carboxylic acids is 1. The Morgan fingerprint density at radius 1 is 1.21 bits per heavy atom. The molecule has 2 aromatic rings. The van der Waals surface area contributed by atoms with Crippen molar-refractivity contribution in [2.75, 3.05) is 7.11 Å². The minimum absolute atomic E-state index is 0.0181. The van der Waals surface area contributed by atoms with Gasteiger partial charge in [-0.2, -0.15) is 0 Å². The van der Waals surface area contributed by atoms with Crippen LogP contribution < -0.4 is 4.74 Å². The SMILES string of the molecule is COc1cc(C(=O)O)cc(-c2ccccc2Cl)c1O. The third kappa shape index (κ3) is 2.48. The van der Waals surface area contributed by atoms with Crippen molar-refractivity contribution in [2.24, 2.45) is 0 Å². The molecule has 0 amide bonds. The number of carboxylic acid groups (broad SMARTS) is 1. The van der Waals surface area contributed by atoms with Crippen LogP contribution in [0.5, 0.6) is 11.5 Å². The van der Waals surface area contributed by atoms with Crippen LogP contribution in [-0.4, -0.2) is 23.3 Å². The average Bonchev–Trinajstić information content (AvgIpc) is 2.39. The van der Waals surface area contributed by atoms with E-state index in [1.54, 1.807) is 24.3 Å². The first kappa shape index (κ1) is 13.2. The molecule has 4 nitrogen and oxygen atoms in total. The van der Waals surface area contributed by atoms with Gasteiger partial charge in [-0.3, -0.25) is 0 Å².